The summed E-state index contributed by atoms with van der Waals surface area (Å²) in [6, 6.07) is 7.80. The van der Waals surface area contributed by atoms with Crippen molar-refractivity contribution in [2.24, 2.45) is 0 Å². The molecule has 2 aromatic rings. The van der Waals surface area contributed by atoms with Gasteiger partial charge in [-0.3, -0.25) is 14.5 Å². The molecule has 1 aromatic carbocycles. The minimum atomic E-state index is -0.650. The van der Waals surface area contributed by atoms with Crippen LogP contribution in [0.25, 0.3) is 6.08 Å². The molecule has 2 aliphatic rings. The van der Waals surface area contributed by atoms with Crippen LogP contribution in [0.1, 0.15) is 34.7 Å². The van der Waals surface area contributed by atoms with Crippen LogP contribution in [0.4, 0.5) is 14.9 Å². The Bertz CT molecular complexity index is 1040. The van der Waals surface area contributed by atoms with Crippen molar-refractivity contribution in [2.75, 3.05) is 25.1 Å². The Morgan fingerprint density at radius 3 is 2.70 bits per heavy atom. The zero-order valence-corrected chi connectivity index (χ0v) is 17.0. The summed E-state index contributed by atoms with van der Waals surface area (Å²) in [5, 5.41) is -0.489. The van der Waals surface area contributed by atoms with E-state index in [2.05, 4.69) is 9.64 Å². The summed E-state index contributed by atoms with van der Waals surface area (Å²) in [6.07, 6.45) is 3.57. The van der Waals surface area contributed by atoms with Crippen LogP contribution in [-0.4, -0.2) is 42.2 Å². The third-order valence-corrected chi connectivity index (χ3v) is 5.89. The van der Waals surface area contributed by atoms with E-state index in [1.165, 1.54) is 31.4 Å². The number of benzene rings is 1. The van der Waals surface area contributed by atoms with Crippen molar-refractivity contribution in [2.45, 2.75) is 19.4 Å². The summed E-state index contributed by atoms with van der Waals surface area (Å²) in [7, 11) is 1.22. The fraction of sp³-hybridized carbons (Fsp3) is 0.286. The van der Waals surface area contributed by atoms with Gasteiger partial charge in [0.1, 0.15) is 11.6 Å². The maximum Gasteiger partial charge on any atom is 0.373 e. The lowest BCUT2D eigenvalue weighted by Gasteiger charge is -2.17. The highest BCUT2D eigenvalue weighted by Crippen LogP contribution is 2.34. The molecule has 0 spiro atoms. The highest BCUT2D eigenvalue weighted by atomic mass is 32.2. The summed E-state index contributed by atoms with van der Waals surface area (Å²) in [5.41, 5.74) is 1.06. The van der Waals surface area contributed by atoms with Gasteiger partial charge in [0.15, 0.2) is 0 Å². The first-order valence-corrected chi connectivity index (χ1v) is 10.2. The summed E-state index contributed by atoms with van der Waals surface area (Å²) in [4.78, 5) is 39.7. The summed E-state index contributed by atoms with van der Waals surface area (Å²) >= 11 is 0.740. The van der Waals surface area contributed by atoms with Gasteiger partial charge in [0.25, 0.3) is 11.1 Å². The van der Waals surface area contributed by atoms with Crippen molar-refractivity contribution in [1.82, 2.24) is 4.90 Å². The Kier molecular flexibility index (Phi) is 5.63. The van der Waals surface area contributed by atoms with Crippen LogP contribution in [0.5, 0.6) is 0 Å². The third-order valence-electron chi connectivity index (χ3n) is 4.98. The number of anilines is 1. The van der Waals surface area contributed by atoms with Gasteiger partial charge in [0.2, 0.25) is 5.76 Å². The molecule has 4 rings (SSSR count). The van der Waals surface area contributed by atoms with Crippen molar-refractivity contribution in [3.05, 3.63) is 58.1 Å². The molecule has 1 aromatic heterocycles. The van der Waals surface area contributed by atoms with E-state index in [1.807, 2.05) is 6.07 Å². The molecule has 3 heterocycles. The number of hydrogen-bond donors (Lipinski definition) is 0. The number of esters is 1. The molecule has 9 heteroatoms. The molecule has 2 saturated heterocycles. The van der Waals surface area contributed by atoms with Crippen LogP contribution in [0.2, 0.25) is 0 Å². The van der Waals surface area contributed by atoms with Crippen LogP contribution in [0.15, 0.2) is 39.7 Å². The highest BCUT2D eigenvalue weighted by Gasteiger charge is 2.36. The first-order chi connectivity index (χ1) is 14.5. The number of ether oxygens (including phenoxy) is 1. The predicted molar refractivity (Wildman–Crippen MR) is 109 cm³/mol. The van der Waals surface area contributed by atoms with E-state index in [4.69, 9.17) is 4.42 Å². The minimum absolute atomic E-state index is 0.0184. The number of carbonyl (C=O) groups excluding carboxylic acids is 3. The van der Waals surface area contributed by atoms with Crippen molar-refractivity contribution >= 4 is 40.6 Å². The Morgan fingerprint density at radius 2 is 2.00 bits per heavy atom. The van der Waals surface area contributed by atoms with Gasteiger partial charge < -0.3 is 14.1 Å². The van der Waals surface area contributed by atoms with Gasteiger partial charge in [0.05, 0.1) is 18.6 Å². The second-order valence-electron chi connectivity index (χ2n) is 6.93. The van der Waals surface area contributed by atoms with Crippen molar-refractivity contribution in [3.8, 4) is 0 Å². The van der Waals surface area contributed by atoms with Gasteiger partial charge in [-0.1, -0.05) is 0 Å². The maximum absolute atomic E-state index is 14.6. The third kappa shape index (κ3) is 3.97. The van der Waals surface area contributed by atoms with Gasteiger partial charge in [-0.05, 0) is 61.0 Å². The summed E-state index contributed by atoms with van der Waals surface area (Å²) in [5.74, 6) is -1.39. The summed E-state index contributed by atoms with van der Waals surface area (Å²) in [6.45, 7) is 1.68. The van der Waals surface area contributed by atoms with Crippen molar-refractivity contribution in [1.29, 1.82) is 0 Å². The van der Waals surface area contributed by atoms with E-state index in [1.54, 1.807) is 6.07 Å². The molecule has 7 nitrogen and oxygen atoms in total. The SMILES string of the molecule is COC(=O)c1ccc(CN2C(=O)S/C(=C/c3ccc(N4CCCC4)cc3F)C2=O)o1. The average molecular weight is 430 g/mol. The molecule has 0 atom stereocenters. The average Bonchev–Trinajstić information content (AvgIpc) is 3.48. The van der Waals surface area contributed by atoms with Crippen LogP contribution in [-0.2, 0) is 16.1 Å². The predicted octanol–water partition coefficient (Wildman–Crippen LogP) is 4.04. The molecule has 2 amide bonds. The Morgan fingerprint density at radius 1 is 1.23 bits per heavy atom. The van der Waals surface area contributed by atoms with E-state index in [-0.39, 0.29) is 28.5 Å². The van der Waals surface area contributed by atoms with Crippen molar-refractivity contribution < 1.29 is 27.9 Å². The van der Waals surface area contributed by atoms with Crippen molar-refractivity contribution in [3.63, 3.8) is 0 Å². The van der Waals surface area contributed by atoms with Crippen LogP contribution >= 0.6 is 11.8 Å². The fourth-order valence-corrected chi connectivity index (χ4v) is 4.24. The first-order valence-electron chi connectivity index (χ1n) is 9.43. The molecule has 2 fully saturated rings. The van der Waals surface area contributed by atoms with Crippen LogP contribution in [0, 0.1) is 5.82 Å². The monoisotopic (exact) mass is 430 g/mol. The van der Waals surface area contributed by atoms with E-state index < -0.39 is 22.9 Å². The molecular weight excluding hydrogens is 411 g/mol. The normalized spacial score (nSPS) is 18.0. The minimum Gasteiger partial charge on any atom is -0.463 e. The lowest BCUT2D eigenvalue weighted by molar-refractivity contribution is -0.123. The topological polar surface area (TPSA) is 80.1 Å². The molecule has 2 aliphatic heterocycles. The molecule has 0 bridgehead atoms. The van der Waals surface area contributed by atoms with E-state index in [9.17, 15) is 18.8 Å². The maximum atomic E-state index is 14.6. The summed E-state index contributed by atoms with van der Waals surface area (Å²) < 4.78 is 24.5. The standard InChI is InChI=1S/C21H19FN2O5S/c1-28-20(26)17-7-6-15(29-17)12-24-19(25)18(30-21(24)27)10-13-4-5-14(11-16(13)22)23-8-2-3-9-23/h4-7,10-11H,2-3,8-9,12H2,1H3/b18-10+. The van der Waals surface area contributed by atoms with Gasteiger partial charge >= 0.3 is 5.97 Å². The van der Waals surface area contributed by atoms with Gasteiger partial charge in [-0.15, -0.1) is 0 Å². The van der Waals surface area contributed by atoms with Gasteiger partial charge in [0, 0.05) is 24.3 Å². The van der Waals surface area contributed by atoms with E-state index in [0.29, 0.717) is 0 Å². The largest absolute Gasteiger partial charge is 0.463 e. The zero-order valence-electron chi connectivity index (χ0n) is 16.2. The van der Waals surface area contributed by atoms with Gasteiger partial charge in [-0.2, -0.15) is 0 Å². The molecule has 0 radical (unpaired) electrons. The van der Waals surface area contributed by atoms with E-state index >= 15 is 0 Å². The number of amides is 2. The molecule has 30 heavy (non-hydrogen) atoms. The lowest BCUT2D eigenvalue weighted by Crippen LogP contribution is -2.27. The number of carbonyl (C=O) groups is 3. The molecular formula is C21H19FN2O5S. The smallest absolute Gasteiger partial charge is 0.373 e. The molecule has 0 N–H and O–H groups in total. The fourth-order valence-electron chi connectivity index (χ4n) is 3.41. The zero-order chi connectivity index (χ0) is 21.3. The first kappa shape index (κ1) is 20.2. The number of imide groups is 1. The lowest BCUT2D eigenvalue weighted by atomic mass is 10.1. The number of nitrogens with zero attached hydrogens (tertiary/aromatic N) is 2. The molecule has 0 unspecified atom stereocenters. The van der Waals surface area contributed by atoms with E-state index in [0.717, 1.165) is 48.3 Å². The number of furan rings is 1. The number of rotatable bonds is 5. The van der Waals surface area contributed by atoms with Gasteiger partial charge in [-0.25, -0.2) is 9.18 Å². The quantitative estimate of drug-likeness (QED) is 0.523. The number of thioether (sulfide) groups is 1. The number of methoxy groups -OCH3 is 1. The van der Waals surface area contributed by atoms with Crippen LogP contribution < -0.4 is 4.90 Å². The molecule has 156 valence electrons. The molecule has 0 saturated carbocycles. The second-order valence-corrected chi connectivity index (χ2v) is 7.92. The van der Waals surface area contributed by atoms with Crippen LogP contribution in [0.3, 0.4) is 0 Å². The second kappa shape index (κ2) is 8.35. The Labute approximate surface area is 176 Å². The Hall–Kier alpha value is -3.07. The number of hydrogen-bond acceptors (Lipinski definition) is 7. The Balaban J connectivity index is 1.50. The number of halogens is 1. The molecule has 0 aliphatic carbocycles. The highest BCUT2D eigenvalue weighted by molar-refractivity contribution is 8.18.